The van der Waals surface area contributed by atoms with Crippen molar-refractivity contribution >= 4 is 5.69 Å². The summed E-state index contributed by atoms with van der Waals surface area (Å²) in [6.07, 6.45) is 5.49. The molecule has 5 aromatic rings. The highest BCUT2D eigenvalue weighted by Crippen LogP contribution is 2.26. The Hall–Kier alpha value is -4.69. The lowest BCUT2D eigenvalue weighted by Crippen LogP contribution is -2.46. The average Bonchev–Trinajstić information content (AvgIpc) is 3.54. The van der Waals surface area contributed by atoms with Gasteiger partial charge in [0, 0.05) is 45.1 Å². The molecule has 8 heteroatoms. The first-order valence-electron chi connectivity index (χ1n) is 13.2. The van der Waals surface area contributed by atoms with Crippen LogP contribution in [0.15, 0.2) is 114 Å². The Bertz CT molecular complexity index is 1540. The third-order valence-corrected chi connectivity index (χ3v) is 6.97. The van der Waals surface area contributed by atoms with E-state index in [0.29, 0.717) is 18.0 Å². The van der Waals surface area contributed by atoms with Crippen LogP contribution in [0.3, 0.4) is 0 Å². The van der Waals surface area contributed by atoms with Crippen molar-refractivity contribution < 1.29 is 4.74 Å². The van der Waals surface area contributed by atoms with Crippen molar-refractivity contribution in [1.29, 1.82) is 0 Å². The molecule has 0 atom stereocenters. The molecular weight excluding hydrogens is 488 g/mol. The first kappa shape index (κ1) is 24.6. The minimum absolute atomic E-state index is 0.255. The van der Waals surface area contributed by atoms with Crippen molar-refractivity contribution in [3.05, 3.63) is 131 Å². The maximum Gasteiger partial charge on any atom is 0.316 e. The third kappa shape index (κ3) is 5.61. The maximum atomic E-state index is 13.6. The zero-order valence-electron chi connectivity index (χ0n) is 21.6. The van der Waals surface area contributed by atoms with Crippen LogP contribution in [-0.4, -0.2) is 50.6 Å². The Morgan fingerprint density at radius 2 is 1.44 bits per heavy atom. The molecule has 0 N–H and O–H groups in total. The second-order valence-corrected chi connectivity index (χ2v) is 9.57. The van der Waals surface area contributed by atoms with Gasteiger partial charge in [-0.05, 0) is 41.5 Å². The van der Waals surface area contributed by atoms with Gasteiger partial charge in [-0.15, -0.1) is 0 Å². The number of ether oxygens (including phenoxy) is 1. The molecule has 0 saturated carbocycles. The molecule has 0 aliphatic carbocycles. The van der Waals surface area contributed by atoms with Crippen molar-refractivity contribution in [2.24, 2.45) is 0 Å². The second kappa shape index (κ2) is 11.4. The van der Waals surface area contributed by atoms with Gasteiger partial charge < -0.3 is 9.64 Å². The number of rotatable bonds is 8. The van der Waals surface area contributed by atoms with Crippen molar-refractivity contribution in [2.45, 2.75) is 13.2 Å². The quantitative estimate of drug-likeness (QED) is 0.305. The summed E-state index contributed by atoms with van der Waals surface area (Å²) < 4.78 is 9.47. The van der Waals surface area contributed by atoms with Gasteiger partial charge in [0.1, 0.15) is 12.3 Å². The van der Waals surface area contributed by atoms with Crippen molar-refractivity contribution in [2.75, 3.05) is 31.1 Å². The van der Waals surface area contributed by atoms with Gasteiger partial charge >= 0.3 is 5.56 Å². The van der Waals surface area contributed by atoms with Crippen LogP contribution in [0.25, 0.3) is 11.4 Å². The number of nitrogens with zero attached hydrogens (tertiary/aromatic N) is 6. The lowest BCUT2D eigenvalue weighted by molar-refractivity contribution is 0.247. The molecule has 196 valence electrons. The molecule has 8 nitrogen and oxygen atoms in total. The summed E-state index contributed by atoms with van der Waals surface area (Å²) >= 11 is 0. The van der Waals surface area contributed by atoms with Crippen LogP contribution in [0.1, 0.15) is 11.1 Å². The first-order chi connectivity index (χ1) is 19.2. The van der Waals surface area contributed by atoms with Gasteiger partial charge in [0.2, 0.25) is 5.75 Å². The van der Waals surface area contributed by atoms with Gasteiger partial charge in [0.25, 0.3) is 0 Å². The first-order valence-corrected chi connectivity index (χ1v) is 13.2. The fraction of sp³-hybridized carbons (Fsp3) is 0.194. The molecule has 0 bridgehead atoms. The molecule has 6 rings (SSSR count). The van der Waals surface area contributed by atoms with Crippen molar-refractivity contribution in [1.82, 2.24) is 24.5 Å². The number of benzene rings is 3. The summed E-state index contributed by atoms with van der Waals surface area (Å²) in [6, 6.07) is 29.8. The van der Waals surface area contributed by atoms with E-state index in [4.69, 9.17) is 4.74 Å². The van der Waals surface area contributed by atoms with Crippen LogP contribution in [0.2, 0.25) is 0 Å². The highest BCUT2D eigenvalue weighted by atomic mass is 16.5. The molecule has 0 spiro atoms. The number of hydrogen-bond donors (Lipinski definition) is 0. The molecule has 3 aromatic carbocycles. The topological polar surface area (TPSA) is 68.4 Å². The third-order valence-electron chi connectivity index (χ3n) is 6.97. The van der Waals surface area contributed by atoms with Crippen LogP contribution in [0.4, 0.5) is 5.69 Å². The van der Waals surface area contributed by atoms with Gasteiger partial charge in [0.15, 0.2) is 0 Å². The number of anilines is 1. The standard InChI is InChI=1S/C31H30N6O2/c38-31-30(39-24-26-8-3-1-4-9-26)29(22-33-37(31)28-10-5-2-6-11-28)35-20-18-34(19-21-35)23-25-12-14-27(15-13-25)36-17-7-16-32-36/h1-17,22H,18-21,23-24H2. The van der Waals surface area contributed by atoms with E-state index in [1.807, 2.05) is 77.6 Å². The van der Waals surface area contributed by atoms with E-state index in [0.717, 1.165) is 49.7 Å². The summed E-state index contributed by atoms with van der Waals surface area (Å²) in [5.74, 6) is 0.334. The predicted octanol–water partition coefficient (Wildman–Crippen LogP) is 4.32. The van der Waals surface area contributed by atoms with E-state index in [1.165, 1.54) is 10.2 Å². The zero-order chi connectivity index (χ0) is 26.4. The largest absolute Gasteiger partial charge is 0.481 e. The Labute approximate surface area is 227 Å². The fourth-order valence-electron chi connectivity index (χ4n) is 4.85. The summed E-state index contributed by atoms with van der Waals surface area (Å²) in [4.78, 5) is 18.2. The van der Waals surface area contributed by atoms with Crippen LogP contribution >= 0.6 is 0 Å². The number of piperazine rings is 1. The summed E-state index contributed by atoms with van der Waals surface area (Å²) in [5, 5.41) is 8.81. The fourth-order valence-corrected chi connectivity index (χ4v) is 4.85. The SMILES string of the molecule is O=c1c(OCc2ccccc2)c(N2CCN(Cc3ccc(-n4cccn4)cc3)CC2)cnn1-c1ccccc1. The molecule has 1 saturated heterocycles. The van der Waals surface area contributed by atoms with Gasteiger partial charge in [0.05, 0.1) is 17.6 Å². The van der Waals surface area contributed by atoms with Gasteiger partial charge in [-0.25, -0.2) is 4.68 Å². The van der Waals surface area contributed by atoms with Crippen LogP contribution < -0.4 is 15.2 Å². The molecule has 0 amide bonds. The minimum atomic E-state index is -0.255. The monoisotopic (exact) mass is 518 g/mol. The van der Waals surface area contributed by atoms with Crippen molar-refractivity contribution in [3.8, 4) is 17.1 Å². The van der Waals surface area contributed by atoms with Crippen LogP contribution in [-0.2, 0) is 13.2 Å². The molecule has 0 radical (unpaired) electrons. The normalized spacial score (nSPS) is 13.9. The molecule has 0 unspecified atom stereocenters. The minimum Gasteiger partial charge on any atom is -0.481 e. The Morgan fingerprint density at radius 1 is 0.718 bits per heavy atom. The predicted molar refractivity (Wildman–Crippen MR) is 152 cm³/mol. The molecular formula is C31H30N6O2. The van der Waals surface area contributed by atoms with E-state index < -0.39 is 0 Å². The lowest BCUT2D eigenvalue weighted by atomic mass is 10.1. The number of aromatic nitrogens is 4. The molecule has 1 aliphatic heterocycles. The molecule has 1 fully saturated rings. The van der Waals surface area contributed by atoms with E-state index in [1.54, 1.807) is 12.4 Å². The van der Waals surface area contributed by atoms with E-state index in [9.17, 15) is 4.79 Å². The van der Waals surface area contributed by atoms with Crippen LogP contribution in [0, 0.1) is 0 Å². The summed E-state index contributed by atoms with van der Waals surface area (Å²) in [6.45, 7) is 4.50. The second-order valence-electron chi connectivity index (χ2n) is 9.57. The van der Waals surface area contributed by atoms with Gasteiger partial charge in [-0.1, -0.05) is 60.7 Å². The lowest BCUT2D eigenvalue weighted by Gasteiger charge is -2.36. The Kier molecular flexibility index (Phi) is 7.18. The van der Waals surface area contributed by atoms with Crippen LogP contribution in [0.5, 0.6) is 5.75 Å². The van der Waals surface area contributed by atoms with E-state index >= 15 is 0 Å². The zero-order valence-corrected chi connectivity index (χ0v) is 21.6. The number of hydrogen-bond acceptors (Lipinski definition) is 6. The highest BCUT2D eigenvalue weighted by Gasteiger charge is 2.23. The summed E-state index contributed by atoms with van der Waals surface area (Å²) in [5.41, 5.74) is 4.52. The van der Waals surface area contributed by atoms with Gasteiger partial charge in [-0.2, -0.15) is 14.9 Å². The molecule has 2 aromatic heterocycles. The maximum absolute atomic E-state index is 13.6. The molecule has 3 heterocycles. The smallest absolute Gasteiger partial charge is 0.316 e. The summed E-state index contributed by atoms with van der Waals surface area (Å²) in [7, 11) is 0. The Balaban J connectivity index is 1.18. The van der Waals surface area contributed by atoms with E-state index in [2.05, 4.69) is 44.3 Å². The Morgan fingerprint density at radius 3 is 2.13 bits per heavy atom. The highest BCUT2D eigenvalue weighted by molar-refractivity contribution is 5.57. The average molecular weight is 519 g/mol. The molecule has 1 aliphatic rings. The number of para-hydroxylation sites is 1. The van der Waals surface area contributed by atoms with Crippen molar-refractivity contribution in [3.63, 3.8) is 0 Å². The van der Waals surface area contributed by atoms with E-state index in [-0.39, 0.29) is 5.56 Å². The van der Waals surface area contributed by atoms with Gasteiger partial charge in [-0.3, -0.25) is 9.69 Å². The molecule has 39 heavy (non-hydrogen) atoms.